The Morgan fingerprint density at radius 1 is 0.968 bits per heavy atom. The highest BCUT2D eigenvalue weighted by atomic mass is 35.5. The van der Waals surface area contributed by atoms with Gasteiger partial charge in [0.2, 0.25) is 5.91 Å². The van der Waals surface area contributed by atoms with Crippen molar-refractivity contribution in [1.29, 1.82) is 0 Å². The van der Waals surface area contributed by atoms with E-state index >= 15 is 0 Å². The number of hydrogen-bond donors (Lipinski definition) is 0. The maximum atomic E-state index is 13.7. The third-order valence-electron chi connectivity index (χ3n) is 6.30. The number of methoxy groups -OCH3 is 1. The summed E-state index contributed by atoms with van der Waals surface area (Å²) in [5.41, 5.74) is 0.921. The van der Waals surface area contributed by atoms with E-state index in [2.05, 4.69) is 0 Å². The lowest BCUT2D eigenvalue weighted by molar-refractivity contribution is -0.142. The van der Waals surface area contributed by atoms with Gasteiger partial charge in [0.15, 0.2) is 0 Å². The highest BCUT2D eigenvalue weighted by Gasteiger charge is 2.44. The molecule has 0 unspecified atom stereocenters. The molecule has 0 atom stereocenters. The smallest absolute Gasteiger partial charge is 0.254 e. The third kappa shape index (κ3) is 4.41. The molecule has 0 N–H and O–H groups in total. The van der Waals surface area contributed by atoms with Crippen LogP contribution in [0.1, 0.15) is 28.8 Å². The summed E-state index contributed by atoms with van der Waals surface area (Å²) in [7, 11) is 1.58. The van der Waals surface area contributed by atoms with Crippen LogP contribution in [0.25, 0.3) is 0 Å². The number of piperazine rings is 1. The summed E-state index contributed by atoms with van der Waals surface area (Å²) in [4.78, 5) is 30.3. The van der Waals surface area contributed by atoms with Crippen LogP contribution in [-0.4, -0.2) is 68.1 Å². The molecule has 0 spiro atoms. The number of ether oxygens (including phenoxy) is 2. The summed E-state index contributed by atoms with van der Waals surface area (Å²) in [6.45, 7) is 3.13. The molecule has 7 heteroatoms. The molecular weight excluding hydrogens is 416 g/mol. The molecule has 0 aliphatic carbocycles. The molecule has 4 rings (SSSR count). The average Bonchev–Trinajstić information content (AvgIpc) is 2.83. The topological polar surface area (TPSA) is 59.1 Å². The Kier molecular flexibility index (Phi) is 6.49. The summed E-state index contributed by atoms with van der Waals surface area (Å²) in [6, 6.07) is 14.8. The molecule has 6 nitrogen and oxygen atoms in total. The van der Waals surface area contributed by atoms with E-state index in [9.17, 15) is 9.59 Å². The van der Waals surface area contributed by atoms with Crippen LogP contribution in [0, 0.1) is 0 Å². The zero-order valence-electron chi connectivity index (χ0n) is 17.7. The highest BCUT2D eigenvalue weighted by Crippen LogP contribution is 2.38. The standard InChI is InChI=1S/C24H27ClN2O4/c1-30-21-7-2-4-18(16-21)22(28)26-10-12-27(13-11-26)23(29)24(8-14-31-15-9-24)19-5-3-6-20(25)17-19/h2-7,16-17H,8-15H2,1H3. The molecule has 0 radical (unpaired) electrons. The van der Waals surface area contributed by atoms with Gasteiger partial charge in [-0.1, -0.05) is 29.8 Å². The van der Waals surface area contributed by atoms with Gasteiger partial charge in [0.1, 0.15) is 5.75 Å². The molecule has 2 fully saturated rings. The van der Waals surface area contributed by atoms with Crippen LogP contribution in [0.4, 0.5) is 0 Å². The van der Waals surface area contributed by atoms with Gasteiger partial charge < -0.3 is 19.3 Å². The van der Waals surface area contributed by atoms with E-state index in [1.54, 1.807) is 24.1 Å². The van der Waals surface area contributed by atoms with Crippen molar-refractivity contribution in [1.82, 2.24) is 9.80 Å². The summed E-state index contributed by atoms with van der Waals surface area (Å²) < 4.78 is 10.8. The Morgan fingerprint density at radius 2 is 1.65 bits per heavy atom. The van der Waals surface area contributed by atoms with E-state index in [1.165, 1.54) is 0 Å². The predicted octanol–water partition coefficient (Wildman–Crippen LogP) is 3.38. The van der Waals surface area contributed by atoms with Gasteiger partial charge in [-0.3, -0.25) is 9.59 Å². The second-order valence-corrected chi connectivity index (χ2v) is 8.46. The molecule has 0 bridgehead atoms. The van der Waals surface area contributed by atoms with E-state index in [-0.39, 0.29) is 11.8 Å². The fourth-order valence-corrected chi connectivity index (χ4v) is 4.68. The van der Waals surface area contributed by atoms with Crippen LogP contribution >= 0.6 is 11.6 Å². The van der Waals surface area contributed by atoms with Crippen molar-refractivity contribution in [3.05, 3.63) is 64.7 Å². The van der Waals surface area contributed by atoms with E-state index < -0.39 is 5.41 Å². The Morgan fingerprint density at radius 3 is 2.32 bits per heavy atom. The average molecular weight is 443 g/mol. The zero-order valence-corrected chi connectivity index (χ0v) is 18.4. The summed E-state index contributed by atoms with van der Waals surface area (Å²) in [5.74, 6) is 0.718. The van der Waals surface area contributed by atoms with Gasteiger partial charge in [-0.2, -0.15) is 0 Å². The van der Waals surface area contributed by atoms with Gasteiger partial charge >= 0.3 is 0 Å². The molecule has 0 saturated carbocycles. The summed E-state index contributed by atoms with van der Waals surface area (Å²) >= 11 is 6.24. The minimum Gasteiger partial charge on any atom is -0.497 e. The van der Waals surface area contributed by atoms with Crippen LogP contribution < -0.4 is 4.74 Å². The Bertz CT molecular complexity index is 950. The lowest BCUT2D eigenvalue weighted by atomic mass is 9.73. The van der Waals surface area contributed by atoms with Crippen LogP contribution in [0.2, 0.25) is 5.02 Å². The number of carbonyl (C=O) groups excluding carboxylic acids is 2. The molecule has 2 aliphatic heterocycles. The maximum absolute atomic E-state index is 13.7. The minimum absolute atomic E-state index is 0.0402. The number of nitrogens with zero attached hydrogens (tertiary/aromatic N) is 2. The molecule has 164 valence electrons. The van der Waals surface area contributed by atoms with Gasteiger partial charge in [0.05, 0.1) is 12.5 Å². The molecule has 2 amide bonds. The van der Waals surface area contributed by atoms with Crippen molar-refractivity contribution in [2.45, 2.75) is 18.3 Å². The van der Waals surface area contributed by atoms with Crippen LogP contribution in [0.15, 0.2) is 48.5 Å². The molecule has 2 aromatic rings. The number of hydrogen-bond acceptors (Lipinski definition) is 4. The summed E-state index contributed by atoms with van der Waals surface area (Å²) in [5, 5.41) is 0.630. The fourth-order valence-electron chi connectivity index (χ4n) is 4.49. The number of rotatable bonds is 4. The van der Waals surface area contributed by atoms with Crippen molar-refractivity contribution < 1.29 is 19.1 Å². The first-order valence-corrected chi connectivity index (χ1v) is 11.0. The quantitative estimate of drug-likeness (QED) is 0.728. The third-order valence-corrected chi connectivity index (χ3v) is 6.54. The van der Waals surface area contributed by atoms with E-state index in [0.29, 0.717) is 68.6 Å². The number of carbonyl (C=O) groups is 2. The van der Waals surface area contributed by atoms with Crippen molar-refractivity contribution in [2.24, 2.45) is 0 Å². The molecule has 2 heterocycles. The van der Waals surface area contributed by atoms with Crippen molar-refractivity contribution in [3.63, 3.8) is 0 Å². The monoisotopic (exact) mass is 442 g/mol. The Labute approximate surface area is 187 Å². The van der Waals surface area contributed by atoms with Crippen LogP contribution in [-0.2, 0) is 14.9 Å². The highest BCUT2D eigenvalue weighted by molar-refractivity contribution is 6.30. The lowest BCUT2D eigenvalue weighted by Crippen LogP contribution is -2.56. The van der Waals surface area contributed by atoms with Crippen LogP contribution in [0.3, 0.4) is 0 Å². The molecule has 31 heavy (non-hydrogen) atoms. The first-order chi connectivity index (χ1) is 15.0. The van der Waals surface area contributed by atoms with Gasteiger partial charge in [-0.25, -0.2) is 0 Å². The first-order valence-electron chi connectivity index (χ1n) is 10.6. The van der Waals surface area contributed by atoms with Gasteiger partial charge in [0, 0.05) is 50.0 Å². The normalized spacial score (nSPS) is 18.5. The van der Waals surface area contributed by atoms with Gasteiger partial charge in [-0.05, 0) is 48.7 Å². The minimum atomic E-state index is -0.623. The van der Waals surface area contributed by atoms with E-state index in [4.69, 9.17) is 21.1 Å². The molecule has 2 aromatic carbocycles. The van der Waals surface area contributed by atoms with E-state index in [0.717, 1.165) is 5.56 Å². The summed E-state index contributed by atoms with van der Waals surface area (Å²) in [6.07, 6.45) is 1.27. The predicted molar refractivity (Wildman–Crippen MR) is 119 cm³/mol. The number of halogens is 1. The molecule has 0 aromatic heterocycles. The molecule has 2 aliphatic rings. The Balaban J connectivity index is 1.48. The van der Waals surface area contributed by atoms with Crippen molar-refractivity contribution >= 4 is 23.4 Å². The van der Waals surface area contributed by atoms with E-state index in [1.807, 2.05) is 41.3 Å². The SMILES string of the molecule is COc1cccc(C(=O)N2CCN(C(=O)C3(c4cccc(Cl)c4)CCOCC3)CC2)c1. The second-order valence-electron chi connectivity index (χ2n) is 8.02. The first kappa shape index (κ1) is 21.7. The van der Waals surface area contributed by atoms with Crippen molar-refractivity contribution in [2.75, 3.05) is 46.5 Å². The van der Waals surface area contributed by atoms with Gasteiger partial charge in [0.25, 0.3) is 5.91 Å². The number of benzene rings is 2. The Hall–Kier alpha value is -2.57. The van der Waals surface area contributed by atoms with Gasteiger partial charge in [-0.15, -0.1) is 0 Å². The van der Waals surface area contributed by atoms with Crippen molar-refractivity contribution in [3.8, 4) is 5.75 Å². The fraction of sp³-hybridized carbons (Fsp3) is 0.417. The number of amides is 2. The largest absolute Gasteiger partial charge is 0.497 e. The zero-order chi connectivity index (χ0) is 21.8. The lowest BCUT2D eigenvalue weighted by Gasteiger charge is -2.43. The maximum Gasteiger partial charge on any atom is 0.254 e. The molecule has 2 saturated heterocycles. The van der Waals surface area contributed by atoms with Crippen LogP contribution in [0.5, 0.6) is 5.75 Å². The molecular formula is C24H27ClN2O4. The second kappa shape index (κ2) is 9.28.